The van der Waals surface area contributed by atoms with E-state index in [0.29, 0.717) is 5.56 Å². The lowest BCUT2D eigenvalue weighted by Gasteiger charge is -2.21. The van der Waals surface area contributed by atoms with Crippen molar-refractivity contribution in [1.82, 2.24) is 0 Å². The Kier molecular flexibility index (Phi) is 5.23. The van der Waals surface area contributed by atoms with Crippen molar-refractivity contribution in [2.24, 2.45) is 5.92 Å². The van der Waals surface area contributed by atoms with Crippen LogP contribution in [-0.2, 0) is 4.79 Å². The average Bonchev–Trinajstić information content (AvgIpc) is 2.89. The first-order chi connectivity index (χ1) is 12.0. The largest absolute Gasteiger partial charge is 0.480 e. The molecule has 0 fully saturated rings. The third-order valence-corrected chi connectivity index (χ3v) is 5.55. The number of halogens is 2. The third-order valence-electron chi connectivity index (χ3n) is 4.69. The number of hydrogen-bond donors (Lipinski definition) is 2. The minimum atomic E-state index is -1.10. The molecule has 2 aromatic rings. The molecule has 2 aromatic carbocycles. The Labute approximate surface area is 156 Å². The molecule has 2 N–H and O–H groups in total. The molecule has 0 radical (unpaired) electrons. The molecule has 0 heterocycles. The third kappa shape index (κ3) is 3.22. The van der Waals surface area contributed by atoms with Crippen molar-refractivity contribution in [2.75, 3.05) is 6.61 Å². The zero-order valence-corrected chi connectivity index (χ0v) is 15.1. The van der Waals surface area contributed by atoms with Crippen LogP contribution in [0.5, 0.6) is 5.75 Å². The SMILES string of the molecule is CCC1C(O)c2c(cc(OCC(=O)O)c(Cl)c2Cl)C1c1ccccc1. The predicted molar refractivity (Wildman–Crippen MR) is 96.6 cm³/mol. The van der Waals surface area contributed by atoms with E-state index < -0.39 is 18.7 Å². The summed E-state index contributed by atoms with van der Waals surface area (Å²) < 4.78 is 5.30. The van der Waals surface area contributed by atoms with E-state index in [9.17, 15) is 9.90 Å². The second-order valence-electron chi connectivity index (χ2n) is 6.09. The number of ether oxygens (including phenoxy) is 1. The number of carbonyl (C=O) groups is 1. The number of benzene rings is 2. The van der Waals surface area contributed by atoms with Gasteiger partial charge in [0, 0.05) is 11.5 Å². The Morgan fingerprint density at radius 2 is 1.88 bits per heavy atom. The number of aliphatic hydroxyl groups excluding tert-OH is 1. The highest BCUT2D eigenvalue weighted by Gasteiger charge is 2.42. The molecule has 0 saturated heterocycles. The van der Waals surface area contributed by atoms with Crippen LogP contribution in [0.15, 0.2) is 36.4 Å². The first kappa shape index (κ1) is 18.1. The van der Waals surface area contributed by atoms with Gasteiger partial charge in [-0.25, -0.2) is 4.79 Å². The van der Waals surface area contributed by atoms with Crippen LogP contribution >= 0.6 is 23.2 Å². The van der Waals surface area contributed by atoms with Gasteiger partial charge in [0.2, 0.25) is 0 Å². The maximum Gasteiger partial charge on any atom is 0.341 e. The second kappa shape index (κ2) is 7.24. The van der Waals surface area contributed by atoms with Gasteiger partial charge in [-0.15, -0.1) is 0 Å². The number of hydrogen-bond acceptors (Lipinski definition) is 3. The van der Waals surface area contributed by atoms with Gasteiger partial charge in [-0.2, -0.15) is 0 Å². The van der Waals surface area contributed by atoms with Crippen LogP contribution in [0.25, 0.3) is 0 Å². The van der Waals surface area contributed by atoms with E-state index in [0.717, 1.165) is 17.5 Å². The van der Waals surface area contributed by atoms with Crippen molar-refractivity contribution in [3.63, 3.8) is 0 Å². The zero-order chi connectivity index (χ0) is 18.1. The average molecular weight is 381 g/mol. The summed E-state index contributed by atoms with van der Waals surface area (Å²) in [6.07, 6.45) is 0.0259. The normalized spacial score (nSPS) is 21.8. The van der Waals surface area contributed by atoms with E-state index in [1.165, 1.54) is 0 Å². The fraction of sp³-hybridized carbons (Fsp3) is 0.316. The van der Waals surface area contributed by atoms with E-state index >= 15 is 0 Å². The van der Waals surface area contributed by atoms with Gasteiger partial charge in [-0.3, -0.25) is 0 Å². The number of fused-ring (bicyclic) bond motifs is 1. The smallest absolute Gasteiger partial charge is 0.341 e. The first-order valence-electron chi connectivity index (χ1n) is 8.05. The van der Waals surface area contributed by atoms with Crippen LogP contribution in [0.1, 0.15) is 42.1 Å². The molecule has 0 aromatic heterocycles. The molecule has 0 saturated carbocycles. The van der Waals surface area contributed by atoms with Crippen LogP contribution in [0, 0.1) is 5.92 Å². The van der Waals surface area contributed by atoms with Crippen LogP contribution in [0.3, 0.4) is 0 Å². The summed E-state index contributed by atoms with van der Waals surface area (Å²) in [7, 11) is 0. The van der Waals surface area contributed by atoms with Gasteiger partial charge in [0.25, 0.3) is 0 Å². The Bertz CT molecular complexity index is 792. The topological polar surface area (TPSA) is 66.8 Å². The summed E-state index contributed by atoms with van der Waals surface area (Å²) in [5.74, 6) is -0.977. The van der Waals surface area contributed by atoms with Crippen LogP contribution < -0.4 is 4.74 Å². The molecule has 25 heavy (non-hydrogen) atoms. The lowest BCUT2D eigenvalue weighted by atomic mass is 9.84. The molecule has 132 valence electrons. The molecular weight excluding hydrogens is 363 g/mol. The predicted octanol–water partition coefficient (Wildman–Crippen LogP) is 4.66. The molecule has 3 rings (SSSR count). The Morgan fingerprint density at radius 3 is 2.48 bits per heavy atom. The minimum absolute atomic E-state index is 0.0410. The van der Waals surface area contributed by atoms with Crippen molar-refractivity contribution >= 4 is 29.2 Å². The maximum atomic E-state index is 10.8. The molecule has 4 nitrogen and oxygen atoms in total. The van der Waals surface area contributed by atoms with Crippen molar-refractivity contribution < 1.29 is 19.7 Å². The van der Waals surface area contributed by atoms with Gasteiger partial charge in [0.1, 0.15) is 10.8 Å². The lowest BCUT2D eigenvalue weighted by molar-refractivity contribution is -0.139. The van der Waals surface area contributed by atoms with E-state index in [1.54, 1.807) is 6.07 Å². The number of aliphatic carboxylic acids is 1. The fourth-order valence-electron chi connectivity index (χ4n) is 3.61. The first-order valence-corrected chi connectivity index (χ1v) is 8.80. The van der Waals surface area contributed by atoms with Gasteiger partial charge in [-0.1, -0.05) is 60.5 Å². The summed E-state index contributed by atoms with van der Waals surface area (Å²) in [6, 6.07) is 11.6. The number of carboxylic acids is 1. The molecule has 0 bridgehead atoms. The highest BCUT2D eigenvalue weighted by atomic mass is 35.5. The fourth-order valence-corrected chi connectivity index (χ4v) is 4.14. The van der Waals surface area contributed by atoms with Crippen LogP contribution in [-0.4, -0.2) is 22.8 Å². The van der Waals surface area contributed by atoms with E-state index in [1.807, 2.05) is 37.3 Å². The quantitative estimate of drug-likeness (QED) is 0.791. The molecule has 1 aliphatic rings. The van der Waals surface area contributed by atoms with Crippen molar-refractivity contribution in [2.45, 2.75) is 25.4 Å². The Morgan fingerprint density at radius 1 is 1.20 bits per heavy atom. The van der Waals surface area contributed by atoms with Crippen molar-refractivity contribution in [1.29, 1.82) is 0 Å². The second-order valence-corrected chi connectivity index (χ2v) is 6.85. The molecule has 3 atom stereocenters. The molecular formula is C19H18Cl2O4. The summed E-state index contributed by atoms with van der Waals surface area (Å²) in [6.45, 7) is 1.51. The van der Waals surface area contributed by atoms with Crippen LogP contribution in [0.2, 0.25) is 10.0 Å². The molecule has 0 spiro atoms. The minimum Gasteiger partial charge on any atom is -0.480 e. The Balaban J connectivity index is 2.14. The van der Waals surface area contributed by atoms with Gasteiger partial charge in [-0.05, 0) is 29.5 Å². The molecule has 3 unspecified atom stereocenters. The van der Waals surface area contributed by atoms with Crippen LogP contribution in [0.4, 0.5) is 0 Å². The van der Waals surface area contributed by atoms with E-state index in [4.69, 9.17) is 33.0 Å². The molecule has 0 amide bonds. The van der Waals surface area contributed by atoms with Gasteiger partial charge < -0.3 is 14.9 Å². The molecule has 6 heteroatoms. The van der Waals surface area contributed by atoms with Gasteiger partial charge >= 0.3 is 5.97 Å². The van der Waals surface area contributed by atoms with Crippen molar-refractivity contribution in [3.05, 3.63) is 63.1 Å². The summed E-state index contributed by atoms with van der Waals surface area (Å²) >= 11 is 12.7. The standard InChI is InChI=1S/C19H18Cl2O4/c1-2-11-15(10-6-4-3-5-7-10)12-8-13(25-9-14(22)23)17(20)18(21)16(12)19(11)24/h3-8,11,15,19,24H,2,9H2,1H3,(H,22,23). The molecule has 0 aliphatic heterocycles. The van der Waals surface area contributed by atoms with E-state index in [2.05, 4.69) is 0 Å². The monoisotopic (exact) mass is 380 g/mol. The maximum absolute atomic E-state index is 10.8. The highest BCUT2D eigenvalue weighted by Crippen LogP contribution is 2.55. The van der Waals surface area contributed by atoms with Gasteiger partial charge in [0.15, 0.2) is 6.61 Å². The van der Waals surface area contributed by atoms with Gasteiger partial charge in [0.05, 0.1) is 11.1 Å². The summed E-state index contributed by atoms with van der Waals surface area (Å²) in [5, 5.41) is 20.0. The van der Waals surface area contributed by atoms with Crippen molar-refractivity contribution in [3.8, 4) is 5.75 Å². The molecule has 1 aliphatic carbocycles. The lowest BCUT2D eigenvalue weighted by Crippen LogP contribution is -2.12. The zero-order valence-electron chi connectivity index (χ0n) is 13.6. The van der Waals surface area contributed by atoms with E-state index in [-0.39, 0.29) is 27.6 Å². The summed E-state index contributed by atoms with van der Waals surface area (Å²) in [5.41, 5.74) is 2.50. The number of rotatable bonds is 5. The number of aliphatic hydroxyl groups is 1. The number of carboxylic acid groups (broad SMARTS) is 1. The summed E-state index contributed by atoms with van der Waals surface area (Å²) in [4.78, 5) is 10.8. The Hall–Kier alpha value is -1.75. The highest BCUT2D eigenvalue weighted by molar-refractivity contribution is 6.43.